The Balaban J connectivity index is 2.32. The summed E-state index contributed by atoms with van der Waals surface area (Å²) in [5.41, 5.74) is 0.969. The number of methoxy groups -OCH3 is 2. The van der Waals surface area contributed by atoms with Gasteiger partial charge in [0.15, 0.2) is 23.3 Å². The molecule has 1 heterocycles. The maximum atomic E-state index is 11.9. The number of nitrogens with one attached hydrogen (secondary N) is 1. The zero-order chi connectivity index (χ0) is 18.4. The van der Waals surface area contributed by atoms with Crippen LogP contribution in [0, 0.1) is 0 Å². The van der Waals surface area contributed by atoms with Gasteiger partial charge in [-0.1, -0.05) is 0 Å². The first kappa shape index (κ1) is 18.2. The average Bonchev–Trinajstić information content (AvgIpc) is 3.11. The van der Waals surface area contributed by atoms with Gasteiger partial charge in [-0.25, -0.2) is 9.59 Å². The van der Waals surface area contributed by atoms with Crippen molar-refractivity contribution >= 4 is 11.9 Å². The highest BCUT2D eigenvalue weighted by molar-refractivity contribution is 5.94. The van der Waals surface area contributed by atoms with Crippen LogP contribution in [-0.2, 0) is 14.3 Å². The highest BCUT2D eigenvalue weighted by atomic mass is 16.6. The van der Waals surface area contributed by atoms with Crippen LogP contribution in [-0.4, -0.2) is 54.3 Å². The van der Waals surface area contributed by atoms with Crippen LogP contribution in [0.3, 0.4) is 0 Å². The number of ether oxygens (including phenoxy) is 4. The van der Waals surface area contributed by atoms with Crippen LogP contribution in [0.1, 0.15) is 24.3 Å². The summed E-state index contributed by atoms with van der Waals surface area (Å²) in [7, 11) is 2.74. The van der Waals surface area contributed by atoms with Crippen molar-refractivity contribution in [2.45, 2.75) is 20.0 Å². The minimum Gasteiger partial charge on any atom is -0.493 e. The topological polar surface area (TPSA) is 113 Å². The van der Waals surface area contributed by atoms with Gasteiger partial charge in [0.05, 0.1) is 20.8 Å². The van der Waals surface area contributed by atoms with E-state index in [-0.39, 0.29) is 12.3 Å². The van der Waals surface area contributed by atoms with Crippen LogP contribution in [0.25, 0.3) is 11.3 Å². The lowest BCUT2D eigenvalue weighted by Gasteiger charge is -2.15. The quantitative estimate of drug-likeness (QED) is 0.750. The fraction of sp³-hybridized carbons (Fsp3) is 0.375. The number of hydrogen-bond donors (Lipinski definition) is 1. The van der Waals surface area contributed by atoms with Gasteiger partial charge in [-0.3, -0.25) is 0 Å². The van der Waals surface area contributed by atoms with Gasteiger partial charge in [0.25, 0.3) is 0 Å². The van der Waals surface area contributed by atoms with Crippen molar-refractivity contribution < 1.29 is 28.5 Å². The summed E-state index contributed by atoms with van der Waals surface area (Å²) in [6, 6.07) is 4.90. The molecular formula is C16H19N3O6. The lowest BCUT2D eigenvalue weighted by atomic mass is 10.1. The maximum Gasteiger partial charge on any atom is 0.361 e. The molecule has 134 valence electrons. The normalized spacial score (nSPS) is 11.5. The second-order valence-electron chi connectivity index (χ2n) is 4.89. The molecular weight excluding hydrogens is 330 g/mol. The van der Waals surface area contributed by atoms with E-state index in [9.17, 15) is 9.59 Å². The highest BCUT2D eigenvalue weighted by Crippen LogP contribution is 2.33. The minimum absolute atomic E-state index is 0.0699. The number of hydrogen-bond acceptors (Lipinski definition) is 8. The first-order chi connectivity index (χ1) is 12.0. The highest BCUT2D eigenvalue weighted by Gasteiger charge is 2.22. The summed E-state index contributed by atoms with van der Waals surface area (Å²) < 4.78 is 20.4. The molecule has 25 heavy (non-hydrogen) atoms. The molecule has 0 bridgehead atoms. The van der Waals surface area contributed by atoms with E-state index in [1.54, 1.807) is 32.0 Å². The Morgan fingerprint density at radius 2 is 1.96 bits per heavy atom. The Morgan fingerprint density at radius 1 is 1.20 bits per heavy atom. The van der Waals surface area contributed by atoms with Crippen LogP contribution in [0.15, 0.2) is 18.2 Å². The van der Waals surface area contributed by atoms with Crippen molar-refractivity contribution in [2.24, 2.45) is 0 Å². The Labute approximate surface area is 144 Å². The molecule has 9 heteroatoms. The van der Waals surface area contributed by atoms with Gasteiger partial charge < -0.3 is 18.9 Å². The van der Waals surface area contributed by atoms with E-state index in [0.29, 0.717) is 22.8 Å². The van der Waals surface area contributed by atoms with Crippen LogP contribution >= 0.6 is 0 Å². The molecule has 0 aliphatic rings. The van der Waals surface area contributed by atoms with Crippen LogP contribution in [0.5, 0.6) is 11.5 Å². The summed E-state index contributed by atoms with van der Waals surface area (Å²) in [5, 5.41) is 10.2. The van der Waals surface area contributed by atoms with Crippen molar-refractivity contribution in [1.82, 2.24) is 15.4 Å². The smallest absolute Gasteiger partial charge is 0.361 e. The third-order valence-electron chi connectivity index (χ3n) is 3.29. The average molecular weight is 349 g/mol. The molecule has 1 aromatic carbocycles. The molecule has 0 spiro atoms. The second-order valence-corrected chi connectivity index (χ2v) is 4.89. The zero-order valence-corrected chi connectivity index (χ0v) is 14.4. The molecule has 2 aromatic rings. The number of nitrogens with zero attached hydrogens (tertiary/aromatic N) is 2. The number of carbonyl (C=O) groups is 2. The Kier molecular flexibility index (Phi) is 5.93. The maximum absolute atomic E-state index is 11.9. The molecule has 9 nitrogen and oxygen atoms in total. The molecule has 0 aliphatic carbocycles. The van der Waals surface area contributed by atoms with Crippen LogP contribution < -0.4 is 9.47 Å². The van der Waals surface area contributed by atoms with Gasteiger partial charge in [-0.05, 0) is 32.0 Å². The summed E-state index contributed by atoms with van der Waals surface area (Å²) in [6.07, 6.45) is -0.799. The second kappa shape index (κ2) is 8.13. The van der Waals surface area contributed by atoms with E-state index in [0.717, 1.165) is 0 Å². The predicted octanol–water partition coefficient (Wildman–Crippen LogP) is 1.60. The number of H-pyrrole nitrogens is 1. The molecule has 0 fully saturated rings. The standard InChI is InChI=1S/C16H19N3O6/c1-5-24-16(21)14-13(17-19-18-14)10-6-7-11(12(8-10)22-3)25-9(2)15(20)23-4/h6-9H,5H2,1-4H3,(H,17,18,19). The first-order valence-corrected chi connectivity index (χ1v) is 7.52. The number of aromatic nitrogens is 3. The van der Waals surface area contributed by atoms with Gasteiger partial charge in [0.1, 0.15) is 5.69 Å². The Bertz CT molecular complexity index is 758. The molecule has 0 saturated carbocycles. The van der Waals surface area contributed by atoms with Crippen LogP contribution in [0.2, 0.25) is 0 Å². The van der Waals surface area contributed by atoms with E-state index >= 15 is 0 Å². The number of carbonyl (C=O) groups excluding carboxylic acids is 2. The molecule has 1 N–H and O–H groups in total. The number of rotatable bonds is 7. The fourth-order valence-corrected chi connectivity index (χ4v) is 2.09. The first-order valence-electron chi connectivity index (χ1n) is 7.52. The molecule has 1 unspecified atom stereocenters. The van der Waals surface area contributed by atoms with Gasteiger partial charge in [-0.15, -0.1) is 5.10 Å². The van der Waals surface area contributed by atoms with Gasteiger partial charge >= 0.3 is 11.9 Å². The van der Waals surface area contributed by atoms with Crippen molar-refractivity contribution in [3.63, 3.8) is 0 Å². The Hall–Kier alpha value is -3.10. The predicted molar refractivity (Wildman–Crippen MR) is 86.4 cm³/mol. The minimum atomic E-state index is -0.799. The van der Waals surface area contributed by atoms with Crippen molar-refractivity contribution in [3.05, 3.63) is 23.9 Å². The monoisotopic (exact) mass is 349 g/mol. The third kappa shape index (κ3) is 4.06. The molecule has 0 radical (unpaired) electrons. The van der Waals surface area contributed by atoms with Gasteiger partial charge in [0.2, 0.25) is 0 Å². The molecule has 0 saturated heterocycles. The van der Waals surface area contributed by atoms with Crippen molar-refractivity contribution in [1.29, 1.82) is 0 Å². The molecule has 1 aromatic heterocycles. The van der Waals surface area contributed by atoms with Crippen molar-refractivity contribution in [2.75, 3.05) is 20.8 Å². The Morgan fingerprint density at radius 3 is 2.60 bits per heavy atom. The van der Waals surface area contributed by atoms with E-state index in [2.05, 4.69) is 20.1 Å². The summed E-state index contributed by atoms with van der Waals surface area (Å²) >= 11 is 0. The molecule has 0 amide bonds. The van der Waals surface area contributed by atoms with E-state index in [1.165, 1.54) is 14.2 Å². The SMILES string of the molecule is CCOC(=O)c1n[nH]nc1-c1ccc(OC(C)C(=O)OC)c(OC)c1. The number of benzene rings is 1. The lowest BCUT2D eigenvalue weighted by Crippen LogP contribution is -2.25. The number of esters is 2. The molecule has 2 rings (SSSR count). The van der Waals surface area contributed by atoms with Gasteiger partial charge in [-0.2, -0.15) is 10.3 Å². The molecule has 1 atom stereocenters. The van der Waals surface area contributed by atoms with Crippen LogP contribution in [0.4, 0.5) is 0 Å². The number of aromatic amines is 1. The lowest BCUT2D eigenvalue weighted by molar-refractivity contribution is -0.147. The summed E-state index contributed by atoms with van der Waals surface area (Å²) in [4.78, 5) is 23.4. The third-order valence-corrected chi connectivity index (χ3v) is 3.29. The van der Waals surface area contributed by atoms with E-state index in [4.69, 9.17) is 14.2 Å². The van der Waals surface area contributed by atoms with E-state index < -0.39 is 18.0 Å². The van der Waals surface area contributed by atoms with E-state index in [1.807, 2.05) is 0 Å². The van der Waals surface area contributed by atoms with Gasteiger partial charge in [0, 0.05) is 5.56 Å². The molecule has 0 aliphatic heterocycles. The van der Waals surface area contributed by atoms with Crippen molar-refractivity contribution in [3.8, 4) is 22.8 Å². The summed E-state index contributed by atoms with van der Waals surface area (Å²) in [6.45, 7) is 3.50. The fourth-order valence-electron chi connectivity index (χ4n) is 2.09. The zero-order valence-electron chi connectivity index (χ0n) is 14.4. The summed E-state index contributed by atoms with van der Waals surface area (Å²) in [5.74, 6) is -0.367. The largest absolute Gasteiger partial charge is 0.493 e.